The largest absolute Gasteiger partial charge is 0.495 e. The van der Waals surface area contributed by atoms with E-state index in [9.17, 15) is 9.59 Å². The highest BCUT2D eigenvalue weighted by Gasteiger charge is 2.12. The van der Waals surface area contributed by atoms with Gasteiger partial charge in [-0.2, -0.15) is 0 Å². The zero-order chi connectivity index (χ0) is 19.4. The summed E-state index contributed by atoms with van der Waals surface area (Å²) in [6.45, 7) is 2.39. The Morgan fingerprint density at radius 3 is 2.70 bits per heavy atom. The van der Waals surface area contributed by atoms with Gasteiger partial charge in [0, 0.05) is 17.3 Å². The molecule has 0 aliphatic heterocycles. The molecular formula is C21H19ClN2O3. The van der Waals surface area contributed by atoms with E-state index in [2.05, 4.69) is 5.32 Å². The van der Waals surface area contributed by atoms with Crippen LogP contribution in [0.25, 0.3) is 0 Å². The van der Waals surface area contributed by atoms with Gasteiger partial charge in [-0.15, -0.1) is 0 Å². The van der Waals surface area contributed by atoms with Crippen molar-refractivity contribution >= 4 is 23.2 Å². The molecule has 0 atom stereocenters. The number of ether oxygens (including phenoxy) is 1. The predicted octanol–water partition coefficient (Wildman–Crippen LogP) is 4.12. The molecule has 1 amide bonds. The van der Waals surface area contributed by atoms with Crippen molar-refractivity contribution in [3.8, 4) is 5.75 Å². The van der Waals surface area contributed by atoms with Crippen LogP contribution in [0, 0.1) is 6.92 Å². The quantitative estimate of drug-likeness (QED) is 0.722. The van der Waals surface area contributed by atoms with Crippen molar-refractivity contribution in [2.24, 2.45) is 0 Å². The molecule has 138 valence electrons. The number of carbonyl (C=O) groups is 1. The SMILES string of the molecule is COc1ccc(Cl)cc1NC(=O)c1ccc(=O)n(Cc2cccc(C)c2)c1. The molecule has 27 heavy (non-hydrogen) atoms. The number of amides is 1. The van der Waals surface area contributed by atoms with Crippen LogP contribution >= 0.6 is 11.6 Å². The first-order chi connectivity index (χ1) is 13.0. The number of carbonyl (C=O) groups excluding carboxylic acids is 1. The lowest BCUT2D eigenvalue weighted by Gasteiger charge is -2.12. The van der Waals surface area contributed by atoms with Gasteiger partial charge >= 0.3 is 0 Å². The first-order valence-electron chi connectivity index (χ1n) is 8.37. The Morgan fingerprint density at radius 1 is 1.15 bits per heavy atom. The number of halogens is 1. The van der Waals surface area contributed by atoms with E-state index in [1.807, 2.05) is 31.2 Å². The monoisotopic (exact) mass is 382 g/mol. The molecule has 1 heterocycles. The molecule has 0 aliphatic carbocycles. The van der Waals surface area contributed by atoms with Crippen molar-refractivity contribution in [1.29, 1.82) is 0 Å². The second kappa shape index (κ2) is 8.10. The fourth-order valence-electron chi connectivity index (χ4n) is 2.77. The van der Waals surface area contributed by atoms with E-state index in [4.69, 9.17) is 16.3 Å². The van der Waals surface area contributed by atoms with Crippen LogP contribution < -0.4 is 15.6 Å². The molecule has 0 radical (unpaired) electrons. The van der Waals surface area contributed by atoms with E-state index < -0.39 is 0 Å². The molecule has 0 saturated carbocycles. The number of hydrogen-bond donors (Lipinski definition) is 1. The fourth-order valence-corrected chi connectivity index (χ4v) is 2.94. The second-order valence-corrected chi connectivity index (χ2v) is 6.61. The number of anilines is 1. The van der Waals surface area contributed by atoms with Crippen molar-refractivity contribution < 1.29 is 9.53 Å². The first-order valence-corrected chi connectivity index (χ1v) is 8.75. The van der Waals surface area contributed by atoms with Crippen LogP contribution in [0.1, 0.15) is 21.5 Å². The van der Waals surface area contributed by atoms with Gasteiger partial charge in [0.25, 0.3) is 11.5 Å². The van der Waals surface area contributed by atoms with Crippen LogP contribution in [0.5, 0.6) is 5.75 Å². The average Bonchev–Trinajstić information content (AvgIpc) is 2.64. The van der Waals surface area contributed by atoms with Crippen LogP contribution in [0.15, 0.2) is 65.6 Å². The molecule has 0 unspecified atom stereocenters. The Bertz CT molecular complexity index is 1040. The summed E-state index contributed by atoms with van der Waals surface area (Å²) < 4.78 is 6.75. The minimum atomic E-state index is -0.353. The number of aromatic nitrogens is 1. The summed E-state index contributed by atoms with van der Waals surface area (Å²) in [5.41, 5.74) is 2.76. The minimum Gasteiger partial charge on any atom is -0.495 e. The third kappa shape index (κ3) is 4.57. The van der Waals surface area contributed by atoms with Gasteiger partial charge in [-0.25, -0.2) is 0 Å². The summed E-state index contributed by atoms with van der Waals surface area (Å²) in [7, 11) is 1.51. The maximum Gasteiger partial charge on any atom is 0.257 e. The molecule has 0 fully saturated rings. The van der Waals surface area contributed by atoms with Gasteiger partial charge in [0.05, 0.1) is 24.9 Å². The molecule has 0 aliphatic rings. The number of pyridine rings is 1. The molecule has 0 bridgehead atoms. The van der Waals surface area contributed by atoms with Gasteiger partial charge in [-0.05, 0) is 36.8 Å². The van der Waals surface area contributed by atoms with Crippen LogP contribution in [-0.2, 0) is 6.54 Å². The Kier molecular flexibility index (Phi) is 5.62. The van der Waals surface area contributed by atoms with Gasteiger partial charge in [-0.1, -0.05) is 41.4 Å². The Balaban J connectivity index is 1.86. The van der Waals surface area contributed by atoms with Gasteiger partial charge in [0.2, 0.25) is 0 Å². The molecule has 1 N–H and O–H groups in total. The third-order valence-electron chi connectivity index (χ3n) is 4.09. The molecule has 3 aromatic rings. The molecule has 5 nitrogen and oxygen atoms in total. The van der Waals surface area contributed by atoms with Crippen molar-refractivity contribution in [1.82, 2.24) is 4.57 Å². The number of methoxy groups -OCH3 is 1. The Morgan fingerprint density at radius 2 is 1.96 bits per heavy atom. The van der Waals surface area contributed by atoms with Gasteiger partial charge < -0.3 is 14.6 Å². The number of benzene rings is 2. The summed E-state index contributed by atoms with van der Waals surface area (Å²) in [5.74, 6) is 0.148. The second-order valence-electron chi connectivity index (χ2n) is 6.17. The Labute approximate surface area is 162 Å². The zero-order valence-corrected chi connectivity index (χ0v) is 15.8. The molecule has 6 heteroatoms. The van der Waals surface area contributed by atoms with E-state index in [-0.39, 0.29) is 11.5 Å². The minimum absolute atomic E-state index is 0.173. The number of aryl methyl sites for hydroxylation is 1. The van der Waals surface area contributed by atoms with Crippen molar-refractivity contribution in [3.63, 3.8) is 0 Å². The predicted molar refractivity (Wildman–Crippen MR) is 107 cm³/mol. The van der Waals surface area contributed by atoms with Gasteiger partial charge in [0.1, 0.15) is 5.75 Å². The van der Waals surface area contributed by atoms with Crippen LogP contribution in [0.4, 0.5) is 5.69 Å². The molecule has 1 aromatic heterocycles. The summed E-state index contributed by atoms with van der Waals surface area (Å²) >= 11 is 6.00. The molecule has 0 saturated heterocycles. The van der Waals surface area contributed by atoms with E-state index in [0.29, 0.717) is 28.6 Å². The smallest absolute Gasteiger partial charge is 0.257 e. The van der Waals surface area contributed by atoms with Crippen LogP contribution in [-0.4, -0.2) is 17.6 Å². The summed E-state index contributed by atoms with van der Waals surface area (Å²) in [6, 6.07) is 15.8. The molecule has 3 rings (SSSR count). The zero-order valence-electron chi connectivity index (χ0n) is 15.0. The first kappa shape index (κ1) is 18.7. The number of nitrogens with zero attached hydrogens (tertiary/aromatic N) is 1. The number of nitrogens with one attached hydrogen (secondary N) is 1. The lowest BCUT2D eigenvalue weighted by molar-refractivity contribution is 0.102. The van der Waals surface area contributed by atoms with E-state index in [0.717, 1.165) is 11.1 Å². The van der Waals surface area contributed by atoms with Gasteiger partial charge in [-0.3, -0.25) is 9.59 Å². The lowest BCUT2D eigenvalue weighted by atomic mass is 10.1. The standard InChI is InChI=1S/C21H19ClN2O3/c1-14-4-3-5-15(10-14)12-24-13-16(6-9-20(24)25)21(26)23-18-11-17(22)7-8-19(18)27-2/h3-11,13H,12H2,1-2H3,(H,23,26). The Hall–Kier alpha value is -3.05. The third-order valence-corrected chi connectivity index (χ3v) is 4.33. The van der Waals surface area contributed by atoms with E-state index in [1.54, 1.807) is 24.4 Å². The highest BCUT2D eigenvalue weighted by Crippen LogP contribution is 2.28. The lowest BCUT2D eigenvalue weighted by Crippen LogP contribution is -2.22. The van der Waals surface area contributed by atoms with E-state index in [1.165, 1.54) is 23.8 Å². The average molecular weight is 383 g/mol. The number of hydrogen-bond acceptors (Lipinski definition) is 3. The normalized spacial score (nSPS) is 10.5. The van der Waals surface area contributed by atoms with Crippen LogP contribution in [0.3, 0.4) is 0 Å². The maximum atomic E-state index is 12.6. The van der Waals surface area contributed by atoms with Crippen molar-refractivity contribution in [3.05, 3.63) is 92.9 Å². The molecular weight excluding hydrogens is 364 g/mol. The number of rotatable bonds is 5. The maximum absolute atomic E-state index is 12.6. The topological polar surface area (TPSA) is 60.3 Å². The molecule has 2 aromatic carbocycles. The van der Waals surface area contributed by atoms with Crippen molar-refractivity contribution in [2.75, 3.05) is 12.4 Å². The highest BCUT2D eigenvalue weighted by molar-refractivity contribution is 6.31. The van der Waals surface area contributed by atoms with Gasteiger partial charge in [0.15, 0.2) is 0 Å². The fraction of sp³-hybridized carbons (Fsp3) is 0.143. The molecule has 0 spiro atoms. The van der Waals surface area contributed by atoms with Crippen LogP contribution in [0.2, 0.25) is 5.02 Å². The summed E-state index contributed by atoms with van der Waals surface area (Å²) in [4.78, 5) is 24.8. The summed E-state index contributed by atoms with van der Waals surface area (Å²) in [5, 5.41) is 3.26. The van der Waals surface area contributed by atoms with Crippen molar-refractivity contribution in [2.45, 2.75) is 13.5 Å². The highest BCUT2D eigenvalue weighted by atomic mass is 35.5. The van der Waals surface area contributed by atoms with E-state index >= 15 is 0 Å². The summed E-state index contributed by atoms with van der Waals surface area (Å²) in [6.07, 6.45) is 1.55.